The van der Waals surface area contributed by atoms with E-state index >= 15 is 0 Å². The maximum atomic E-state index is 10.5. The number of benzene rings is 1. The first-order chi connectivity index (χ1) is 8.04. The molecule has 0 fully saturated rings. The van der Waals surface area contributed by atoms with Crippen molar-refractivity contribution in [2.75, 3.05) is 18.0 Å². The molecule has 0 unspecified atom stereocenters. The first-order valence-electron chi connectivity index (χ1n) is 4.83. The second-order valence-electron chi connectivity index (χ2n) is 3.32. The van der Waals surface area contributed by atoms with Gasteiger partial charge in [-0.2, -0.15) is 5.26 Å². The van der Waals surface area contributed by atoms with Crippen LogP contribution < -0.4 is 4.90 Å². The van der Waals surface area contributed by atoms with Gasteiger partial charge in [0, 0.05) is 11.6 Å². The van der Waals surface area contributed by atoms with Crippen LogP contribution in [0.1, 0.15) is 6.42 Å². The third-order valence-corrected chi connectivity index (χ3v) is 2.66. The number of hydrogen-bond donors (Lipinski definition) is 1. The van der Waals surface area contributed by atoms with Crippen LogP contribution in [0.5, 0.6) is 0 Å². The molecule has 0 atom stereocenters. The van der Waals surface area contributed by atoms with Crippen LogP contribution in [0, 0.1) is 11.3 Å². The van der Waals surface area contributed by atoms with Gasteiger partial charge in [-0.3, -0.25) is 4.79 Å². The van der Waals surface area contributed by atoms with Gasteiger partial charge in [0.15, 0.2) is 0 Å². The van der Waals surface area contributed by atoms with Crippen molar-refractivity contribution < 1.29 is 9.90 Å². The number of nitrogens with zero attached hydrogens (tertiary/aromatic N) is 2. The quantitative estimate of drug-likeness (QED) is 0.838. The monoisotopic (exact) mass is 272 g/mol. The van der Waals surface area contributed by atoms with Gasteiger partial charge in [0.25, 0.3) is 0 Å². The Bertz CT molecular complexity index is 457. The number of carboxylic acids is 1. The molecule has 1 aromatic carbocycles. The van der Waals surface area contributed by atoms with Crippen molar-refractivity contribution in [3.8, 4) is 6.07 Å². The Labute approximate surface area is 109 Å². The molecular weight excluding hydrogens is 263 g/mol. The van der Waals surface area contributed by atoms with E-state index in [-0.39, 0.29) is 19.5 Å². The molecule has 4 nitrogen and oxygen atoms in total. The molecular formula is C11H10Cl2N2O2. The molecule has 90 valence electrons. The van der Waals surface area contributed by atoms with E-state index in [1.54, 1.807) is 23.1 Å². The van der Waals surface area contributed by atoms with E-state index < -0.39 is 5.97 Å². The Morgan fingerprint density at radius 2 is 2.18 bits per heavy atom. The molecule has 1 rings (SSSR count). The summed E-state index contributed by atoms with van der Waals surface area (Å²) in [6.07, 6.45) is -0.0650. The standard InChI is InChI=1S/C11H10Cl2N2O2/c12-8-1-2-9(13)10(7-8)15(6-4-14)5-3-11(16)17/h1-2,7H,3,5-6H2,(H,16,17). The smallest absolute Gasteiger partial charge is 0.305 e. The number of hydrogen-bond acceptors (Lipinski definition) is 3. The van der Waals surface area contributed by atoms with Crippen LogP contribution in [0.3, 0.4) is 0 Å². The lowest BCUT2D eigenvalue weighted by Crippen LogP contribution is -2.26. The van der Waals surface area contributed by atoms with Gasteiger partial charge in [-0.25, -0.2) is 0 Å². The van der Waals surface area contributed by atoms with Gasteiger partial charge in [0.1, 0.15) is 6.54 Å². The van der Waals surface area contributed by atoms with E-state index in [1.165, 1.54) is 0 Å². The summed E-state index contributed by atoms with van der Waals surface area (Å²) in [5.74, 6) is -0.925. The van der Waals surface area contributed by atoms with E-state index in [0.29, 0.717) is 15.7 Å². The summed E-state index contributed by atoms with van der Waals surface area (Å²) in [4.78, 5) is 12.1. The summed E-state index contributed by atoms with van der Waals surface area (Å²) in [5, 5.41) is 18.3. The van der Waals surface area contributed by atoms with Crippen molar-refractivity contribution >= 4 is 34.9 Å². The van der Waals surface area contributed by atoms with Gasteiger partial charge in [-0.05, 0) is 18.2 Å². The molecule has 0 heterocycles. The molecule has 0 bridgehead atoms. The van der Waals surface area contributed by atoms with Crippen molar-refractivity contribution in [3.05, 3.63) is 28.2 Å². The van der Waals surface area contributed by atoms with Crippen molar-refractivity contribution in [1.29, 1.82) is 5.26 Å². The number of nitriles is 1. The molecule has 0 spiro atoms. The Morgan fingerprint density at radius 3 is 2.76 bits per heavy atom. The maximum absolute atomic E-state index is 10.5. The second kappa shape index (κ2) is 6.33. The highest BCUT2D eigenvalue weighted by molar-refractivity contribution is 6.35. The second-order valence-corrected chi connectivity index (χ2v) is 4.16. The van der Waals surface area contributed by atoms with Crippen molar-refractivity contribution in [1.82, 2.24) is 0 Å². The molecule has 17 heavy (non-hydrogen) atoms. The summed E-state index contributed by atoms with van der Waals surface area (Å²) in [6, 6.07) is 6.83. The van der Waals surface area contributed by atoms with E-state index in [9.17, 15) is 4.79 Å². The number of carboxylic acid groups (broad SMARTS) is 1. The van der Waals surface area contributed by atoms with Crippen LogP contribution >= 0.6 is 23.2 Å². The summed E-state index contributed by atoms with van der Waals surface area (Å²) in [7, 11) is 0. The summed E-state index contributed by atoms with van der Waals surface area (Å²) < 4.78 is 0. The predicted octanol–water partition coefficient (Wildman–Crippen LogP) is 2.80. The summed E-state index contributed by atoms with van der Waals surface area (Å²) in [5.41, 5.74) is 0.571. The maximum Gasteiger partial charge on any atom is 0.305 e. The molecule has 0 radical (unpaired) electrons. The van der Waals surface area contributed by atoms with Gasteiger partial charge in [-0.15, -0.1) is 0 Å². The molecule has 0 aliphatic carbocycles. The fourth-order valence-corrected chi connectivity index (χ4v) is 1.73. The lowest BCUT2D eigenvalue weighted by Gasteiger charge is -2.22. The first kappa shape index (κ1) is 13.6. The molecule has 0 amide bonds. The predicted molar refractivity (Wildman–Crippen MR) is 66.5 cm³/mol. The molecule has 0 saturated heterocycles. The average Bonchev–Trinajstić information content (AvgIpc) is 2.27. The number of anilines is 1. The minimum Gasteiger partial charge on any atom is -0.481 e. The van der Waals surface area contributed by atoms with Crippen LogP contribution in [0.15, 0.2) is 18.2 Å². The van der Waals surface area contributed by atoms with Crippen molar-refractivity contribution in [2.45, 2.75) is 6.42 Å². The fraction of sp³-hybridized carbons (Fsp3) is 0.273. The van der Waals surface area contributed by atoms with E-state index in [1.807, 2.05) is 6.07 Å². The van der Waals surface area contributed by atoms with Gasteiger partial charge in [0.2, 0.25) is 0 Å². The highest BCUT2D eigenvalue weighted by Gasteiger charge is 2.12. The molecule has 0 saturated carbocycles. The van der Waals surface area contributed by atoms with Gasteiger partial charge < -0.3 is 10.0 Å². The lowest BCUT2D eigenvalue weighted by molar-refractivity contribution is -0.136. The molecule has 1 N–H and O–H groups in total. The minimum atomic E-state index is -0.925. The third-order valence-electron chi connectivity index (χ3n) is 2.11. The highest BCUT2D eigenvalue weighted by Crippen LogP contribution is 2.28. The zero-order valence-electron chi connectivity index (χ0n) is 8.86. The zero-order chi connectivity index (χ0) is 12.8. The number of halogens is 2. The Kier molecular flexibility index (Phi) is 5.08. The summed E-state index contributed by atoms with van der Waals surface area (Å²) >= 11 is 11.8. The Morgan fingerprint density at radius 1 is 1.47 bits per heavy atom. The third kappa shape index (κ3) is 4.14. The van der Waals surface area contributed by atoms with Crippen LogP contribution in [0.25, 0.3) is 0 Å². The number of aliphatic carboxylic acids is 1. The minimum absolute atomic E-state index is 0.0628. The zero-order valence-corrected chi connectivity index (χ0v) is 10.4. The van der Waals surface area contributed by atoms with Gasteiger partial charge >= 0.3 is 5.97 Å². The van der Waals surface area contributed by atoms with E-state index in [4.69, 9.17) is 33.6 Å². The lowest BCUT2D eigenvalue weighted by atomic mass is 10.2. The summed E-state index contributed by atoms with van der Waals surface area (Å²) in [6.45, 7) is 0.274. The van der Waals surface area contributed by atoms with Crippen LogP contribution in [-0.4, -0.2) is 24.2 Å². The van der Waals surface area contributed by atoms with Crippen LogP contribution in [0.2, 0.25) is 10.0 Å². The van der Waals surface area contributed by atoms with E-state index in [0.717, 1.165) is 0 Å². The molecule has 6 heteroatoms. The van der Waals surface area contributed by atoms with Crippen LogP contribution in [-0.2, 0) is 4.79 Å². The number of carbonyl (C=O) groups is 1. The Hall–Kier alpha value is -1.44. The largest absolute Gasteiger partial charge is 0.481 e. The molecule has 0 aliphatic heterocycles. The van der Waals surface area contributed by atoms with Crippen molar-refractivity contribution in [2.24, 2.45) is 0 Å². The van der Waals surface area contributed by atoms with Gasteiger partial charge in [-0.1, -0.05) is 23.2 Å². The highest BCUT2D eigenvalue weighted by atomic mass is 35.5. The normalized spacial score (nSPS) is 9.71. The fourth-order valence-electron chi connectivity index (χ4n) is 1.33. The molecule has 1 aromatic rings. The first-order valence-corrected chi connectivity index (χ1v) is 5.59. The topological polar surface area (TPSA) is 64.3 Å². The molecule has 0 aliphatic rings. The van der Waals surface area contributed by atoms with Gasteiger partial charge in [0.05, 0.1) is 23.2 Å². The molecule has 0 aromatic heterocycles. The SMILES string of the molecule is N#CCN(CCC(=O)O)c1cc(Cl)ccc1Cl. The van der Waals surface area contributed by atoms with E-state index in [2.05, 4.69) is 0 Å². The Balaban J connectivity index is 2.92. The van der Waals surface area contributed by atoms with Crippen molar-refractivity contribution in [3.63, 3.8) is 0 Å². The number of rotatable bonds is 5. The average molecular weight is 273 g/mol. The van der Waals surface area contributed by atoms with Crippen LogP contribution in [0.4, 0.5) is 5.69 Å².